The Balaban J connectivity index is 1.59. The molecule has 0 N–H and O–H groups in total. The van der Waals surface area contributed by atoms with Crippen LogP contribution in [0, 0.1) is 11.3 Å². The summed E-state index contributed by atoms with van der Waals surface area (Å²) in [5.41, 5.74) is 3.08. The van der Waals surface area contributed by atoms with Crippen LogP contribution < -0.4 is 4.90 Å². The van der Waals surface area contributed by atoms with Gasteiger partial charge >= 0.3 is 0 Å². The van der Waals surface area contributed by atoms with Crippen molar-refractivity contribution in [2.24, 2.45) is 0 Å². The van der Waals surface area contributed by atoms with Crippen LogP contribution in [-0.2, 0) is 6.54 Å². The van der Waals surface area contributed by atoms with Gasteiger partial charge in [0.1, 0.15) is 0 Å². The lowest BCUT2D eigenvalue weighted by Crippen LogP contribution is -2.33. The van der Waals surface area contributed by atoms with Gasteiger partial charge in [0.2, 0.25) is 0 Å². The van der Waals surface area contributed by atoms with Crippen molar-refractivity contribution in [2.75, 3.05) is 25.0 Å². The van der Waals surface area contributed by atoms with E-state index in [1.807, 2.05) is 24.4 Å². The second kappa shape index (κ2) is 7.94. The summed E-state index contributed by atoms with van der Waals surface area (Å²) in [6, 6.07) is 16.8. The van der Waals surface area contributed by atoms with Crippen molar-refractivity contribution in [3.63, 3.8) is 0 Å². The van der Waals surface area contributed by atoms with Crippen molar-refractivity contribution >= 4 is 5.69 Å². The molecule has 1 aliphatic heterocycles. The first-order valence-corrected chi connectivity index (χ1v) is 8.61. The lowest BCUT2D eigenvalue weighted by atomic mass is 10.1. The smallest absolute Gasteiger partial charge is 0.0991 e. The minimum absolute atomic E-state index is 0.593. The van der Waals surface area contributed by atoms with Gasteiger partial charge in [-0.3, -0.25) is 9.88 Å². The highest BCUT2D eigenvalue weighted by molar-refractivity contribution is 5.49. The Kier molecular flexibility index (Phi) is 5.45. The van der Waals surface area contributed by atoms with Crippen LogP contribution in [0.4, 0.5) is 5.69 Å². The monoisotopic (exact) mass is 320 g/mol. The summed E-state index contributed by atoms with van der Waals surface area (Å²) in [7, 11) is 2.21. The molecule has 1 saturated heterocycles. The number of hydrogen-bond donors (Lipinski definition) is 0. The average molecular weight is 320 g/mol. The van der Waals surface area contributed by atoms with Gasteiger partial charge in [-0.1, -0.05) is 6.07 Å². The molecule has 2 heterocycles. The largest absolute Gasteiger partial charge is 0.371 e. The van der Waals surface area contributed by atoms with Gasteiger partial charge in [-0.15, -0.1) is 0 Å². The molecule has 2 aromatic rings. The Morgan fingerprint density at radius 3 is 2.71 bits per heavy atom. The molecule has 0 radical (unpaired) electrons. The fourth-order valence-electron chi connectivity index (χ4n) is 3.40. The number of nitrogens with zero attached hydrogens (tertiary/aromatic N) is 4. The van der Waals surface area contributed by atoms with Crippen LogP contribution in [0.1, 0.15) is 30.5 Å². The Morgan fingerprint density at radius 2 is 2.00 bits per heavy atom. The van der Waals surface area contributed by atoms with E-state index in [9.17, 15) is 0 Å². The van der Waals surface area contributed by atoms with E-state index < -0.39 is 0 Å². The summed E-state index contributed by atoms with van der Waals surface area (Å²) in [4.78, 5) is 9.31. The van der Waals surface area contributed by atoms with E-state index in [1.54, 1.807) is 0 Å². The summed E-state index contributed by atoms with van der Waals surface area (Å²) < 4.78 is 0. The molecule has 0 aliphatic carbocycles. The fraction of sp³-hybridized carbons (Fsp3) is 0.400. The molecule has 0 unspecified atom stereocenters. The standard InChI is InChI=1S/C20H24N4/c1-23(16-18-5-2-3-12-22-18)19-6-4-13-24(14-11-19)20-9-7-17(15-21)8-10-20/h2-3,5,7-10,12,19H,4,6,11,13-14,16H2,1H3/t19-/m0/s1. The molecule has 1 fully saturated rings. The lowest BCUT2D eigenvalue weighted by molar-refractivity contribution is 0.215. The first-order chi connectivity index (χ1) is 11.8. The third-order valence-electron chi connectivity index (χ3n) is 4.82. The SMILES string of the molecule is CN(Cc1ccccn1)[C@H]1CCCN(c2ccc(C#N)cc2)CC1. The van der Waals surface area contributed by atoms with Gasteiger partial charge in [0, 0.05) is 37.6 Å². The van der Waals surface area contributed by atoms with Crippen molar-refractivity contribution < 1.29 is 0 Å². The number of pyridine rings is 1. The molecule has 4 heteroatoms. The van der Waals surface area contributed by atoms with Gasteiger partial charge in [-0.25, -0.2) is 0 Å². The van der Waals surface area contributed by atoms with Gasteiger partial charge in [0.05, 0.1) is 17.3 Å². The minimum atomic E-state index is 0.593. The molecule has 0 saturated carbocycles. The molecule has 0 amide bonds. The molecule has 1 aromatic heterocycles. The second-order valence-electron chi connectivity index (χ2n) is 6.47. The second-order valence-corrected chi connectivity index (χ2v) is 6.47. The van der Waals surface area contributed by atoms with E-state index in [0.717, 1.165) is 37.3 Å². The predicted molar refractivity (Wildman–Crippen MR) is 96.7 cm³/mol. The van der Waals surface area contributed by atoms with Crippen molar-refractivity contribution in [3.8, 4) is 6.07 Å². The summed E-state index contributed by atoms with van der Waals surface area (Å²) in [5.74, 6) is 0. The number of rotatable bonds is 4. The zero-order valence-corrected chi connectivity index (χ0v) is 14.2. The maximum absolute atomic E-state index is 8.93. The topological polar surface area (TPSA) is 43.2 Å². The highest BCUT2D eigenvalue weighted by Crippen LogP contribution is 2.22. The number of aromatic nitrogens is 1. The Hall–Kier alpha value is -2.38. The zero-order chi connectivity index (χ0) is 16.8. The molecular formula is C20H24N4. The summed E-state index contributed by atoms with van der Waals surface area (Å²) in [6.07, 6.45) is 5.43. The van der Waals surface area contributed by atoms with E-state index in [1.165, 1.54) is 18.5 Å². The van der Waals surface area contributed by atoms with Gasteiger partial charge < -0.3 is 4.90 Å². The third-order valence-corrected chi connectivity index (χ3v) is 4.82. The molecule has 0 spiro atoms. The third kappa shape index (κ3) is 4.12. The number of hydrogen-bond acceptors (Lipinski definition) is 4. The number of benzene rings is 1. The highest BCUT2D eigenvalue weighted by Gasteiger charge is 2.21. The maximum Gasteiger partial charge on any atom is 0.0991 e. The first kappa shape index (κ1) is 16.5. The molecule has 4 nitrogen and oxygen atoms in total. The van der Waals surface area contributed by atoms with Crippen molar-refractivity contribution in [3.05, 3.63) is 59.9 Å². The highest BCUT2D eigenvalue weighted by atomic mass is 15.2. The predicted octanol–water partition coefficient (Wildman–Crippen LogP) is 3.44. The molecule has 1 atom stereocenters. The zero-order valence-electron chi connectivity index (χ0n) is 14.2. The van der Waals surface area contributed by atoms with E-state index in [-0.39, 0.29) is 0 Å². The molecule has 24 heavy (non-hydrogen) atoms. The van der Waals surface area contributed by atoms with Crippen LogP contribution >= 0.6 is 0 Å². The van der Waals surface area contributed by atoms with Crippen molar-refractivity contribution in [1.29, 1.82) is 5.26 Å². The van der Waals surface area contributed by atoms with Gasteiger partial charge in [-0.05, 0) is 62.7 Å². The molecular weight excluding hydrogens is 296 g/mol. The van der Waals surface area contributed by atoms with Crippen LogP contribution in [0.5, 0.6) is 0 Å². The molecule has 1 aliphatic rings. The van der Waals surface area contributed by atoms with Crippen LogP contribution in [-0.4, -0.2) is 36.1 Å². The number of anilines is 1. The summed E-state index contributed by atoms with van der Waals surface area (Å²) >= 11 is 0. The van der Waals surface area contributed by atoms with Gasteiger partial charge in [0.25, 0.3) is 0 Å². The van der Waals surface area contributed by atoms with Crippen LogP contribution in [0.3, 0.4) is 0 Å². The Bertz CT molecular complexity index is 675. The van der Waals surface area contributed by atoms with E-state index in [2.05, 4.69) is 52.2 Å². The van der Waals surface area contributed by atoms with Crippen molar-refractivity contribution in [2.45, 2.75) is 31.8 Å². The Labute approximate surface area is 144 Å². The van der Waals surface area contributed by atoms with Crippen LogP contribution in [0.15, 0.2) is 48.7 Å². The average Bonchev–Trinajstić information content (AvgIpc) is 2.89. The van der Waals surface area contributed by atoms with Crippen LogP contribution in [0.2, 0.25) is 0 Å². The van der Waals surface area contributed by atoms with Gasteiger partial charge in [0.15, 0.2) is 0 Å². The Morgan fingerprint density at radius 1 is 1.17 bits per heavy atom. The lowest BCUT2D eigenvalue weighted by Gasteiger charge is -2.27. The van der Waals surface area contributed by atoms with E-state index >= 15 is 0 Å². The van der Waals surface area contributed by atoms with Crippen LogP contribution in [0.25, 0.3) is 0 Å². The molecule has 0 bridgehead atoms. The van der Waals surface area contributed by atoms with E-state index in [0.29, 0.717) is 6.04 Å². The minimum Gasteiger partial charge on any atom is -0.371 e. The molecule has 1 aromatic carbocycles. The molecule has 124 valence electrons. The fourth-order valence-corrected chi connectivity index (χ4v) is 3.40. The normalized spacial score (nSPS) is 18.2. The quantitative estimate of drug-likeness (QED) is 0.865. The summed E-state index contributed by atoms with van der Waals surface area (Å²) in [6.45, 7) is 3.05. The van der Waals surface area contributed by atoms with E-state index in [4.69, 9.17) is 5.26 Å². The first-order valence-electron chi connectivity index (χ1n) is 8.61. The number of nitriles is 1. The summed E-state index contributed by atoms with van der Waals surface area (Å²) in [5, 5.41) is 8.93. The van der Waals surface area contributed by atoms with Crippen molar-refractivity contribution in [1.82, 2.24) is 9.88 Å². The maximum atomic E-state index is 8.93. The molecule has 3 rings (SSSR count). The van der Waals surface area contributed by atoms with Gasteiger partial charge in [-0.2, -0.15) is 5.26 Å².